The molecule has 4 nitrogen and oxygen atoms in total. The van der Waals surface area contributed by atoms with Crippen molar-refractivity contribution in [3.8, 4) is 5.75 Å². The highest BCUT2D eigenvalue weighted by molar-refractivity contribution is 6.30. The molecule has 0 radical (unpaired) electrons. The molecule has 0 aliphatic carbocycles. The van der Waals surface area contributed by atoms with Gasteiger partial charge in [-0.05, 0) is 62.0 Å². The molecule has 2 fully saturated rings. The van der Waals surface area contributed by atoms with Crippen LogP contribution in [0, 0.1) is 5.41 Å². The van der Waals surface area contributed by atoms with Crippen molar-refractivity contribution in [2.45, 2.75) is 19.3 Å². The monoisotopic (exact) mass is 308 g/mol. The van der Waals surface area contributed by atoms with Gasteiger partial charge in [0, 0.05) is 18.1 Å². The number of carbonyl (C=O) groups is 1. The Labute approximate surface area is 130 Å². The van der Waals surface area contributed by atoms with Gasteiger partial charge < -0.3 is 15.0 Å². The Morgan fingerprint density at radius 1 is 1.24 bits per heavy atom. The second kappa shape index (κ2) is 6.24. The SMILES string of the molecule is O=C(COc1ccc(Cl)cc1)N1CCC2(CCNCC2)C1. The summed E-state index contributed by atoms with van der Waals surface area (Å²) in [5, 5.41) is 4.06. The van der Waals surface area contributed by atoms with Gasteiger partial charge in [0.05, 0.1) is 0 Å². The van der Waals surface area contributed by atoms with Gasteiger partial charge in [0.15, 0.2) is 6.61 Å². The summed E-state index contributed by atoms with van der Waals surface area (Å²) in [5.74, 6) is 0.767. The van der Waals surface area contributed by atoms with Gasteiger partial charge in [-0.25, -0.2) is 0 Å². The van der Waals surface area contributed by atoms with Crippen molar-refractivity contribution >= 4 is 17.5 Å². The minimum Gasteiger partial charge on any atom is -0.484 e. The number of rotatable bonds is 3. The van der Waals surface area contributed by atoms with Crippen LogP contribution in [-0.4, -0.2) is 43.6 Å². The molecule has 1 N–H and O–H groups in total. The maximum atomic E-state index is 12.3. The van der Waals surface area contributed by atoms with Crippen LogP contribution in [0.3, 0.4) is 0 Å². The first kappa shape index (κ1) is 14.7. The number of nitrogens with zero attached hydrogens (tertiary/aromatic N) is 1. The normalized spacial score (nSPS) is 20.7. The Morgan fingerprint density at radius 2 is 1.95 bits per heavy atom. The van der Waals surface area contributed by atoms with Crippen molar-refractivity contribution in [1.82, 2.24) is 10.2 Å². The Bertz CT molecular complexity index is 498. The third-order valence-electron chi connectivity index (χ3n) is 4.63. The van der Waals surface area contributed by atoms with Crippen molar-refractivity contribution in [3.05, 3.63) is 29.3 Å². The minimum atomic E-state index is 0.0837. The lowest BCUT2D eigenvalue weighted by Gasteiger charge is -2.33. The van der Waals surface area contributed by atoms with Crippen LogP contribution in [0.4, 0.5) is 0 Å². The molecule has 2 saturated heterocycles. The van der Waals surface area contributed by atoms with E-state index in [0.717, 1.165) is 32.6 Å². The van der Waals surface area contributed by atoms with Gasteiger partial charge in [-0.15, -0.1) is 0 Å². The fourth-order valence-electron chi connectivity index (χ4n) is 3.28. The molecule has 1 aromatic rings. The van der Waals surface area contributed by atoms with Crippen molar-refractivity contribution in [1.29, 1.82) is 0 Å². The highest BCUT2D eigenvalue weighted by Gasteiger charge is 2.40. The zero-order valence-corrected chi connectivity index (χ0v) is 12.9. The summed E-state index contributed by atoms with van der Waals surface area (Å²) >= 11 is 5.82. The average molecular weight is 309 g/mol. The molecule has 0 atom stereocenters. The summed E-state index contributed by atoms with van der Waals surface area (Å²) in [5.41, 5.74) is 0.348. The van der Waals surface area contributed by atoms with E-state index in [1.54, 1.807) is 24.3 Å². The van der Waals surface area contributed by atoms with Crippen LogP contribution < -0.4 is 10.1 Å². The van der Waals surface area contributed by atoms with Crippen LogP contribution in [-0.2, 0) is 4.79 Å². The third-order valence-corrected chi connectivity index (χ3v) is 4.88. The predicted octanol–water partition coefficient (Wildman–Crippen LogP) is 2.32. The fourth-order valence-corrected chi connectivity index (χ4v) is 3.41. The van der Waals surface area contributed by atoms with Crippen molar-refractivity contribution in [3.63, 3.8) is 0 Å². The molecular formula is C16H21ClN2O2. The van der Waals surface area contributed by atoms with Gasteiger partial charge in [0.25, 0.3) is 5.91 Å². The Balaban J connectivity index is 1.51. The molecular weight excluding hydrogens is 288 g/mol. The molecule has 1 amide bonds. The van der Waals surface area contributed by atoms with E-state index in [4.69, 9.17) is 16.3 Å². The van der Waals surface area contributed by atoms with Gasteiger partial charge in [-0.1, -0.05) is 11.6 Å². The first-order chi connectivity index (χ1) is 10.2. The zero-order chi connectivity index (χ0) is 14.7. The maximum Gasteiger partial charge on any atom is 0.260 e. The summed E-state index contributed by atoms with van der Waals surface area (Å²) in [7, 11) is 0. The Hall–Kier alpha value is -1.26. The standard InChI is InChI=1S/C16H21ClN2O2/c17-13-1-3-14(4-2-13)21-11-15(20)19-10-7-16(12-19)5-8-18-9-6-16/h1-4,18H,5-12H2. The molecule has 0 aromatic heterocycles. The number of hydrogen-bond acceptors (Lipinski definition) is 3. The smallest absolute Gasteiger partial charge is 0.260 e. The number of ether oxygens (including phenoxy) is 1. The minimum absolute atomic E-state index is 0.0837. The van der Waals surface area contributed by atoms with E-state index in [1.807, 2.05) is 4.90 Å². The number of benzene rings is 1. The molecule has 21 heavy (non-hydrogen) atoms. The average Bonchev–Trinajstić information content (AvgIpc) is 2.91. The summed E-state index contributed by atoms with van der Waals surface area (Å²) in [4.78, 5) is 14.2. The molecule has 2 aliphatic rings. The quantitative estimate of drug-likeness (QED) is 0.932. The molecule has 5 heteroatoms. The van der Waals surface area contributed by atoms with Gasteiger partial charge in [-0.2, -0.15) is 0 Å². The number of nitrogens with one attached hydrogen (secondary N) is 1. The number of amides is 1. The predicted molar refractivity (Wildman–Crippen MR) is 82.7 cm³/mol. The lowest BCUT2D eigenvalue weighted by molar-refractivity contribution is -0.132. The van der Waals surface area contributed by atoms with Crippen molar-refractivity contribution < 1.29 is 9.53 Å². The number of carbonyl (C=O) groups excluding carboxylic acids is 1. The van der Waals surface area contributed by atoms with E-state index in [0.29, 0.717) is 16.2 Å². The summed E-state index contributed by atoms with van der Waals surface area (Å²) < 4.78 is 5.55. The molecule has 0 unspecified atom stereocenters. The lowest BCUT2D eigenvalue weighted by atomic mass is 9.78. The summed E-state index contributed by atoms with van der Waals surface area (Å²) in [6.07, 6.45) is 3.48. The highest BCUT2D eigenvalue weighted by atomic mass is 35.5. The molecule has 1 aromatic carbocycles. The topological polar surface area (TPSA) is 41.6 Å². The van der Waals surface area contributed by atoms with E-state index >= 15 is 0 Å². The van der Waals surface area contributed by atoms with Crippen LogP contribution in [0.15, 0.2) is 24.3 Å². The second-order valence-corrected chi connectivity index (χ2v) is 6.49. The van der Waals surface area contributed by atoms with Crippen LogP contribution >= 0.6 is 11.6 Å². The number of hydrogen-bond donors (Lipinski definition) is 1. The van der Waals surface area contributed by atoms with E-state index in [2.05, 4.69) is 5.32 Å². The summed E-state index contributed by atoms with van der Waals surface area (Å²) in [6.45, 7) is 4.00. The largest absolute Gasteiger partial charge is 0.484 e. The van der Waals surface area contributed by atoms with E-state index < -0.39 is 0 Å². The Morgan fingerprint density at radius 3 is 2.67 bits per heavy atom. The van der Waals surface area contributed by atoms with Gasteiger partial charge >= 0.3 is 0 Å². The highest BCUT2D eigenvalue weighted by Crippen LogP contribution is 2.38. The third kappa shape index (κ3) is 3.50. The maximum absolute atomic E-state index is 12.3. The second-order valence-electron chi connectivity index (χ2n) is 6.06. The van der Waals surface area contributed by atoms with Crippen LogP contribution in [0.1, 0.15) is 19.3 Å². The van der Waals surface area contributed by atoms with Gasteiger partial charge in [0.2, 0.25) is 0 Å². The van der Waals surface area contributed by atoms with Gasteiger partial charge in [0.1, 0.15) is 5.75 Å². The Kier molecular flexibility index (Phi) is 4.36. The molecule has 2 aliphatic heterocycles. The van der Waals surface area contributed by atoms with E-state index in [9.17, 15) is 4.79 Å². The van der Waals surface area contributed by atoms with E-state index in [-0.39, 0.29) is 12.5 Å². The van der Waals surface area contributed by atoms with Crippen molar-refractivity contribution in [2.75, 3.05) is 32.8 Å². The zero-order valence-electron chi connectivity index (χ0n) is 12.1. The number of halogens is 1. The molecule has 1 spiro atoms. The molecule has 3 rings (SSSR count). The lowest BCUT2D eigenvalue weighted by Crippen LogP contribution is -2.40. The van der Waals surface area contributed by atoms with Crippen LogP contribution in [0.25, 0.3) is 0 Å². The summed E-state index contributed by atoms with van der Waals surface area (Å²) in [6, 6.07) is 7.10. The number of piperidine rings is 1. The molecule has 0 bridgehead atoms. The van der Waals surface area contributed by atoms with E-state index in [1.165, 1.54) is 12.8 Å². The first-order valence-electron chi connectivity index (χ1n) is 7.54. The first-order valence-corrected chi connectivity index (χ1v) is 7.92. The van der Waals surface area contributed by atoms with Gasteiger partial charge in [-0.3, -0.25) is 4.79 Å². The molecule has 0 saturated carbocycles. The molecule has 114 valence electrons. The van der Waals surface area contributed by atoms with Crippen LogP contribution in [0.2, 0.25) is 5.02 Å². The fraction of sp³-hybridized carbons (Fsp3) is 0.562. The van der Waals surface area contributed by atoms with Crippen molar-refractivity contribution in [2.24, 2.45) is 5.41 Å². The number of likely N-dealkylation sites (tertiary alicyclic amines) is 1. The van der Waals surface area contributed by atoms with Crippen LogP contribution in [0.5, 0.6) is 5.75 Å². The molecule has 2 heterocycles.